The first-order valence-corrected chi connectivity index (χ1v) is 10.9. The van der Waals surface area contributed by atoms with Gasteiger partial charge >= 0.3 is 6.18 Å². The van der Waals surface area contributed by atoms with Crippen LogP contribution in [0.3, 0.4) is 0 Å². The molecule has 6 rings (SSSR count). The molecule has 0 saturated carbocycles. The molecule has 0 N–H and O–H groups in total. The maximum absolute atomic E-state index is 14.3. The SMILES string of the molecule is [2H]c1cc(-c2ccccc2)cc2c1nc(C(F)(F)F)c1cc(-c3ccccc3)c3ccccc3c12. The van der Waals surface area contributed by atoms with E-state index in [4.69, 9.17) is 1.37 Å². The molecule has 164 valence electrons. The lowest BCUT2D eigenvalue weighted by Crippen LogP contribution is -2.09. The van der Waals surface area contributed by atoms with E-state index in [1.165, 1.54) is 0 Å². The van der Waals surface area contributed by atoms with Gasteiger partial charge in [-0.1, -0.05) is 91.0 Å². The average molecular weight is 450 g/mol. The van der Waals surface area contributed by atoms with Crippen molar-refractivity contribution >= 4 is 32.4 Å². The molecular weight excluding hydrogens is 431 g/mol. The zero-order valence-corrected chi connectivity index (χ0v) is 17.9. The lowest BCUT2D eigenvalue weighted by Gasteiger charge is -2.17. The first-order chi connectivity index (χ1) is 16.9. The van der Waals surface area contributed by atoms with Crippen LogP contribution >= 0.6 is 0 Å². The van der Waals surface area contributed by atoms with Gasteiger partial charge in [0, 0.05) is 16.2 Å². The van der Waals surface area contributed by atoms with Crippen molar-refractivity contribution in [1.29, 1.82) is 0 Å². The monoisotopic (exact) mass is 450 g/mol. The molecule has 0 aliphatic carbocycles. The fourth-order valence-electron chi connectivity index (χ4n) is 4.67. The summed E-state index contributed by atoms with van der Waals surface area (Å²) < 4.78 is 51.6. The van der Waals surface area contributed by atoms with Crippen LogP contribution < -0.4 is 0 Å². The summed E-state index contributed by atoms with van der Waals surface area (Å²) in [6.07, 6.45) is -4.67. The second-order valence-electron chi connectivity index (χ2n) is 8.23. The van der Waals surface area contributed by atoms with E-state index in [0.29, 0.717) is 21.7 Å². The molecule has 1 nitrogen and oxygen atoms in total. The van der Waals surface area contributed by atoms with Gasteiger partial charge in [0.2, 0.25) is 0 Å². The summed E-state index contributed by atoms with van der Waals surface area (Å²) in [5.41, 5.74) is 2.28. The van der Waals surface area contributed by atoms with Gasteiger partial charge in [0.05, 0.1) is 6.89 Å². The summed E-state index contributed by atoms with van der Waals surface area (Å²) >= 11 is 0. The number of hydrogen-bond acceptors (Lipinski definition) is 1. The molecule has 0 unspecified atom stereocenters. The van der Waals surface area contributed by atoms with Crippen molar-refractivity contribution in [2.24, 2.45) is 0 Å². The highest BCUT2D eigenvalue weighted by Crippen LogP contribution is 2.43. The Kier molecular flexibility index (Phi) is 4.37. The maximum atomic E-state index is 14.3. The molecule has 34 heavy (non-hydrogen) atoms. The maximum Gasteiger partial charge on any atom is 0.433 e. The van der Waals surface area contributed by atoms with Gasteiger partial charge in [0.15, 0.2) is 5.69 Å². The van der Waals surface area contributed by atoms with Crippen LogP contribution in [0.2, 0.25) is 0 Å². The Labute approximate surface area is 195 Å². The number of halogens is 3. The summed E-state index contributed by atoms with van der Waals surface area (Å²) in [6.45, 7) is 0. The molecule has 4 heteroatoms. The smallest absolute Gasteiger partial charge is 0.243 e. The predicted molar refractivity (Wildman–Crippen MR) is 133 cm³/mol. The van der Waals surface area contributed by atoms with E-state index in [2.05, 4.69) is 4.98 Å². The van der Waals surface area contributed by atoms with Gasteiger partial charge in [-0.25, -0.2) is 4.98 Å². The van der Waals surface area contributed by atoms with Gasteiger partial charge in [-0.3, -0.25) is 0 Å². The topological polar surface area (TPSA) is 12.9 Å². The molecule has 0 bridgehead atoms. The minimum atomic E-state index is -4.67. The van der Waals surface area contributed by atoms with E-state index >= 15 is 0 Å². The molecule has 0 fully saturated rings. The Morgan fingerprint density at radius 3 is 1.88 bits per heavy atom. The Hall–Kier alpha value is -4.18. The van der Waals surface area contributed by atoms with Crippen molar-refractivity contribution in [3.05, 3.63) is 115 Å². The van der Waals surface area contributed by atoms with Crippen LogP contribution in [0.4, 0.5) is 13.2 Å². The molecule has 0 radical (unpaired) electrons. The van der Waals surface area contributed by atoms with Crippen LogP contribution in [0.5, 0.6) is 0 Å². The van der Waals surface area contributed by atoms with Gasteiger partial charge < -0.3 is 0 Å². The van der Waals surface area contributed by atoms with Crippen molar-refractivity contribution in [2.75, 3.05) is 0 Å². The van der Waals surface area contributed by atoms with Gasteiger partial charge in [-0.2, -0.15) is 13.2 Å². The molecule has 0 amide bonds. The number of pyridine rings is 1. The van der Waals surface area contributed by atoms with Crippen LogP contribution in [0.15, 0.2) is 109 Å². The van der Waals surface area contributed by atoms with Gasteiger partial charge in [-0.05, 0) is 51.2 Å². The van der Waals surface area contributed by atoms with Crippen molar-refractivity contribution in [2.45, 2.75) is 6.18 Å². The number of fused-ring (bicyclic) bond motifs is 5. The largest absolute Gasteiger partial charge is 0.433 e. The third kappa shape index (κ3) is 3.30. The quantitative estimate of drug-likeness (QED) is 0.240. The molecule has 0 saturated heterocycles. The zero-order chi connectivity index (χ0) is 24.2. The lowest BCUT2D eigenvalue weighted by molar-refractivity contribution is -0.139. The Morgan fingerprint density at radius 1 is 0.588 bits per heavy atom. The molecule has 0 aliphatic heterocycles. The van der Waals surface area contributed by atoms with Crippen molar-refractivity contribution in [3.8, 4) is 22.3 Å². The second-order valence-corrected chi connectivity index (χ2v) is 8.23. The van der Waals surface area contributed by atoms with E-state index in [-0.39, 0.29) is 16.9 Å². The molecule has 6 aromatic rings. The van der Waals surface area contributed by atoms with Crippen LogP contribution in [-0.4, -0.2) is 4.98 Å². The number of alkyl halides is 3. The fourth-order valence-corrected chi connectivity index (χ4v) is 4.67. The fraction of sp³-hybridized carbons (Fsp3) is 0.0333. The molecule has 1 aromatic heterocycles. The van der Waals surface area contributed by atoms with Gasteiger partial charge in [0.1, 0.15) is 0 Å². The van der Waals surface area contributed by atoms with E-state index in [1.54, 1.807) is 12.1 Å². The molecule has 0 spiro atoms. The minimum Gasteiger partial charge on any atom is -0.243 e. The van der Waals surface area contributed by atoms with Crippen molar-refractivity contribution < 1.29 is 14.5 Å². The third-order valence-electron chi connectivity index (χ3n) is 6.17. The van der Waals surface area contributed by atoms with Crippen molar-refractivity contribution in [3.63, 3.8) is 0 Å². The highest BCUT2D eigenvalue weighted by atomic mass is 19.4. The third-order valence-corrected chi connectivity index (χ3v) is 6.17. The van der Waals surface area contributed by atoms with Crippen LogP contribution in [0.1, 0.15) is 7.06 Å². The summed E-state index contributed by atoms with van der Waals surface area (Å²) in [7, 11) is 0. The van der Waals surface area contributed by atoms with Crippen LogP contribution in [0, 0.1) is 0 Å². The normalized spacial score (nSPS) is 12.4. The van der Waals surface area contributed by atoms with Crippen LogP contribution in [0.25, 0.3) is 54.7 Å². The van der Waals surface area contributed by atoms with Gasteiger partial charge in [-0.15, -0.1) is 0 Å². The zero-order valence-electron chi connectivity index (χ0n) is 18.9. The Bertz CT molecular complexity index is 1730. The second kappa shape index (κ2) is 7.70. The number of nitrogens with zero attached hydrogens (tertiary/aromatic N) is 1. The van der Waals surface area contributed by atoms with Crippen LogP contribution in [-0.2, 0) is 6.18 Å². The average Bonchev–Trinajstić information content (AvgIpc) is 2.88. The summed E-state index contributed by atoms with van der Waals surface area (Å²) in [6, 6.07) is 31.4. The standard InChI is InChI=1S/C30H18F3N/c31-30(32,33)29-26-18-24(20-11-5-2-6-12-20)22-13-7-8-14-23(22)28(26)25-17-21(15-16-27(25)34-29)19-9-3-1-4-10-19/h1-18H/i16D. The molecule has 1 heterocycles. The van der Waals surface area contributed by atoms with Gasteiger partial charge in [0.25, 0.3) is 0 Å². The lowest BCUT2D eigenvalue weighted by atomic mass is 9.90. The first-order valence-electron chi connectivity index (χ1n) is 11.4. The number of aromatic nitrogens is 1. The highest BCUT2D eigenvalue weighted by Gasteiger charge is 2.36. The Balaban J connectivity index is 1.84. The molecule has 0 aliphatic rings. The molecule has 5 aromatic carbocycles. The van der Waals surface area contributed by atoms with E-state index in [1.807, 2.05) is 91.0 Å². The van der Waals surface area contributed by atoms with E-state index in [9.17, 15) is 13.2 Å². The van der Waals surface area contributed by atoms with E-state index < -0.39 is 11.9 Å². The first kappa shape index (κ1) is 19.3. The summed E-state index contributed by atoms with van der Waals surface area (Å²) in [5.74, 6) is 0. The summed E-state index contributed by atoms with van der Waals surface area (Å²) in [5, 5.41) is 2.58. The minimum absolute atomic E-state index is 0.0344. The Morgan fingerprint density at radius 2 is 1.21 bits per heavy atom. The highest BCUT2D eigenvalue weighted by molar-refractivity contribution is 6.23. The van der Waals surface area contributed by atoms with E-state index in [0.717, 1.165) is 22.1 Å². The number of hydrogen-bond donors (Lipinski definition) is 0. The predicted octanol–water partition coefficient (Wildman–Crippen LogP) is 8.89. The van der Waals surface area contributed by atoms with Crippen molar-refractivity contribution in [1.82, 2.24) is 4.98 Å². The number of rotatable bonds is 2. The molecule has 0 atom stereocenters. The summed E-state index contributed by atoms with van der Waals surface area (Å²) in [4.78, 5) is 4.04. The number of benzene rings is 5. The molecular formula is C30H18F3N.